The molecule has 2 aliphatic carbocycles. The van der Waals surface area contributed by atoms with Crippen LogP contribution >= 0.6 is 0 Å². The molecule has 0 saturated heterocycles. The van der Waals surface area contributed by atoms with Gasteiger partial charge in [0.05, 0.1) is 5.69 Å². The number of hydrogen-bond acceptors (Lipinski definition) is 1. The van der Waals surface area contributed by atoms with E-state index in [9.17, 15) is 0 Å². The average molecular weight is 169 g/mol. The average Bonchev–Trinajstić information content (AvgIpc) is 2.36. The van der Waals surface area contributed by atoms with Crippen LogP contribution in [0.3, 0.4) is 0 Å². The topological polar surface area (TPSA) is 12.9 Å². The lowest BCUT2D eigenvalue weighted by molar-refractivity contribution is 0.829. The van der Waals surface area contributed by atoms with Crippen LogP contribution in [0.4, 0.5) is 0 Å². The Morgan fingerprint density at radius 1 is 1.23 bits per heavy atom. The van der Waals surface area contributed by atoms with E-state index in [0.29, 0.717) is 0 Å². The van der Waals surface area contributed by atoms with E-state index in [4.69, 9.17) is 0 Å². The molecular formula is C12H11N. The highest BCUT2D eigenvalue weighted by Gasteiger charge is 2.16. The maximum Gasteiger partial charge on any atom is 0.0667 e. The fourth-order valence-electron chi connectivity index (χ4n) is 2.16. The van der Waals surface area contributed by atoms with Crippen molar-refractivity contribution >= 4 is 6.08 Å². The first-order valence-corrected chi connectivity index (χ1v) is 4.76. The Balaban J connectivity index is 2.30. The van der Waals surface area contributed by atoms with E-state index < -0.39 is 0 Å². The summed E-state index contributed by atoms with van der Waals surface area (Å²) in [4.78, 5) is 4.39. The van der Waals surface area contributed by atoms with Crippen molar-refractivity contribution in [1.82, 2.24) is 4.98 Å². The van der Waals surface area contributed by atoms with Gasteiger partial charge in [0.15, 0.2) is 0 Å². The zero-order valence-electron chi connectivity index (χ0n) is 7.46. The second-order valence-electron chi connectivity index (χ2n) is 3.69. The third-order valence-corrected chi connectivity index (χ3v) is 2.89. The molecule has 0 N–H and O–H groups in total. The van der Waals surface area contributed by atoms with Gasteiger partial charge < -0.3 is 0 Å². The maximum absolute atomic E-state index is 4.39. The monoisotopic (exact) mass is 169 g/mol. The fraction of sp³-hybridized carbons (Fsp3) is 0.250. The van der Waals surface area contributed by atoms with Crippen molar-refractivity contribution in [3.05, 3.63) is 46.8 Å². The Kier molecular flexibility index (Phi) is 1.39. The molecule has 1 heteroatoms. The van der Waals surface area contributed by atoms with Gasteiger partial charge in [0.2, 0.25) is 0 Å². The highest BCUT2D eigenvalue weighted by atomic mass is 14.7. The zero-order valence-corrected chi connectivity index (χ0v) is 7.46. The molecule has 1 aromatic rings. The number of allylic oxidation sites excluding steroid dienone is 3. The SMILES string of the molecule is C1=Cc2nccc3c2CC(=C1)CC3. The predicted molar refractivity (Wildman–Crippen MR) is 53.4 cm³/mol. The Hall–Kier alpha value is -1.37. The molecule has 2 bridgehead atoms. The quantitative estimate of drug-likeness (QED) is 0.581. The minimum absolute atomic E-state index is 1.12. The minimum atomic E-state index is 1.12. The molecule has 64 valence electrons. The van der Waals surface area contributed by atoms with Crippen LogP contribution in [0.2, 0.25) is 0 Å². The van der Waals surface area contributed by atoms with Crippen LogP contribution in [0.15, 0.2) is 30.0 Å². The Morgan fingerprint density at radius 2 is 2.23 bits per heavy atom. The van der Waals surface area contributed by atoms with Crippen molar-refractivity contribution in [3.63, 3.8) is 0 Å². The zero-order chi connectivity index (χ0) is 8.67. The molecular weight excluding hydrogens is 158 g/mol. The van der Waals surface area contributed by atoms with Crippen LogP contribution in [0.25, 0.3) is 6.08 Å². The van der Waals surface area contributed by atoms with Crippen molar-refractivity contribution in [1.29, 1.82) is 0 Å². The van der Waals surface area contributed by atoms with Crippen molar-refractivity contribution in [2.24, 2.45) is 0 Å². The summed E-state index contributed by atoms with van der Waals surface area (Å²) in [5.41, 5.74) is 5.67. The summed E-state index contributed by atoms with van der Waals surface area (Å²) in [6.45, 7) is 0. The summed E-state index contributed by atoms with van der Waals surface area (Å²) in [5.74, 6) is 0. The van der Waals surface area contributed by atoms with Gasteiger partial charge in [0, 0.05) is 6.20 Å². The van der Waals surface area contributed by atoms with Crippen molar-refractivity contribution in [3.8, 4) is 0 Å². The van der Waals surface area contributed by atoms with Crippen molar-refractivity contribution in [2.75, 3.05) is 0 Å². The number of hydrogen-bond donors (Lipinski definition) is 0. The summed E-state index contributed by atoms with van der Waals surface area (Å²) in [6.07, 6.45) is 11.9. The molecule has 0 aromatic carbocycles. The number of rotatable bonds is 0. The third kappa shape index (κ3) is 1.04. The first kappa shape index (κ1) is 7.07. The van der Waals surface area contributed by atoms with E-state index in [2.05, 4.69) is 29.3 Å². The molecule has 0 unspecified atom stereocenters. The van der Waals surface area contributed by atoms with Gasteiger partial charge in [-0.25, -0.2) is 0 Å². The van der Waals surface area contributed by atoms with E-state index in [1.165, 1.54) is 29.7 Å². The molecule has 1 aromatic heterocycles. The van der Waals surface area contributed by atoms with Crippen molar-refractivity contribution in [2.45, 2.75) is 19.3 Å². The maximum atomic E-state index is 4.39. The molecule has 0 fully saturated rings. The largest absolute Gasteiger partial charge is 0.257 e. The smallest absolute Gasteiger partial charge is 0.0667 e. The molecule has 0 aliphatic heterocycles. The van der Waals surface area contributed by atoms with E-state index in [0.717, 1.165) is 6.42 Å². The second-order valence-corrected chi connectivity index (χ2v) is 3.69. The predicted octanol–water partition coefficient (Wildman–Crippen LogP) is 2.52. The minimum Gasteiger partial charge on any atom is -0.257 e. The molecule has 0 spiro atoms. The number of nitrogens with zero attached hydrogens (tertiary/aromatic N) is 1. The van der Waals surface area contributed by atoms with Gasteiger partial charge in [0.1, 0.15) is 0 Å². The molecule has 13 heavy (non-hydrogen) atoms. The van der Waals surface area contributed by atoms with Gasteiger partial charge in [-0.3, -0.25) is 4.98 Å². The van der Waals surface area contributed by atoms with Gasteiger partial charge in [-0.2, -0.15) is 0 Å². The summed E-state index contributed by atoms with van der Waals surface area (Å²) in [6, 6.07) is 2.16. The lowest BCUT2D eigenvalue weighted by Gasteiger charge is -2.18. The van der Waals surface area contributed by atoms with Crippen LogP contribution in [0.5, 0.6) is 0 Å². The van der Waals surface area contributed by atoms with Crippen LogP contribution in [0.1, 0.15) is 23.2 Å². The fourth-order valence-corrected chi connectivity index (χ4v) is 2.16. The van der Waals surface area contributed by atoms with Gasteiger partial charge in [-0.1, -0.05) is 17.7 Å². The summed E-state index contributed by atoms with van der Waals surface area (Å²) >= 11 is 0. The summed E-state index contributed by atoms with van der Waals surface area (Å²) in [7, 11) is 0. The van der Waals surface area contributed by atoms with E-state index >= 15 is 0 Å². The highest BCUT2D eigenvalue weighted by Crippen LogP contribution is 2.29. The molecule has 1 heterocycles. The highest BCUT2D eigenvalue weighted by molar-refractivity contribution is 5.58. The van der Waals surface area contributed by atoms with E-state index in [-0.39, 0.29) is 0 Å². The van der Waals surface area contributed by atoms with Crippen molar-refractivity contribution < 1.29 is 0 Å². The molecule has 0 amide bonds. The molecule has 2 aliphatic rings. The second kappa shape index (κ2) is 2.56. The summed E-state index contributed by atoms with van der Waals surface area (Å²) in [5, 5.41) is 0. The van der Waals surface area contributed by atoms with Gasteiger partial charge in [-0.15, -0.1) is 0 Å². The van der Waals surface area contributed by atoms with Crippen LogP contribution in [-0.4, -0.2) is 4.98 Å². The lowest BCUT2D eigenvalue weighted by Crippen LogP contribution is -2.07. The number of fused-ring (bicyclic) bond motifs is 1. The van der Waals surface area contributed by atoms with Gasteiger partial charge in [0.25, 0.3) is 0 Å². The summed E-state index contributed by atoms with van der Waals surface area (Å²) < 4.78 is 0. The van der Waals surface area contributed by atoms with Crippen LogP contribution < -0.4 is 0 Å². The molecule has 0 saturated carbocycles. The Labute approximate surface area is 77.8 Å². The number of aryl methyl sites for hydroxylation is 1. The van der Waals surface area contributed by atoms with Crippen LogP contribution in [-0.2, 0) is 12.8 Å². The lowest BCUT2D eigenvalue weighted by atomic mass is 9.88. The number of pyridine rings is 1. The first-order valence-electron chi connectivity index (χ1n) is 4.76. The molecule has 0 radical (unpaired) electrons. The normalized spacial score (nSPS) is 18.0. The number of aromatic nitrogens is 1. The molecule has 1 nitrogen and oxygen atoms in total. The Bertz CT molecular complexity index is 413. The van der Waals surface area contributed by atoms with Gasteiger partial charge >= 0.3 is 0 Å². The molecule has 3 rings (SSSR count). The van der Waals surface area contributed by atoms with E-state index in [1.54, 1.807) is 5.57 Å². The first-order chi connectivity index (χ1) is 6.43. The van der Waals surface area contributed by atoms with Gasteiger partial charge in [-0.05, 0) is 42.5 Å². The standard InChI is InChI=1S/C12H11N/c1-2-9-4-5-10-6-7-13-12(3-1)11(10)8-9/h1-3,6-7H,4-5,8H2. The molecule has 0 atom stereocenters. The van der Waals surface area contributed by atoms with E-state index in [1.807, 2.05) is 6.20 Å². The van der Waals surface area contributed by atoms with Crippen LogP contribution in [0, 0.1) is 0 Å². The third-order valence-electron chi connectivity index (χ3n) is 2.89. The Morgan fingerprint density at radius 3 is 3.23 bits per heavy atom.